The topological polar surface area (TPSA) is 15.3 Å². The molecule has 1 aliphatic carbocycles. The summed E-state index contributed by atoms with van der Waals surface area (Å²) in [6, 6.07) is 0.811. The zero-order valence-electron chi connectivity index (χ0n) is 9.47. The first-order valence-corrected chi connectivity index (χ1v) is 6.26. The number of hydrogen-bond donors (Lipinski definition) is 1. The molecule has 0 unspecified atom stereocenters. The molecule has 0 amide bonds. The van der Waals surface area contributed by atoms with Gasteiger partial charge in [0, 0.05) is 6.04 Å². The van der Waals surface area contributed by atoms with Crippen LogP contribution in [0.4, 0.5) is 0 Å². The van der Waals surface area contributed by atoms with Crippen molar-refractivity contribution in [3.05, 3.63) is 0 Å². The maximum Gasteiger partial charge on any atom is 0.00914 e. The van der Waals surface area contributed by atoms with Crippen molar-refractivity contribution in [2.45, 2.75) is 44.6 Å². The van der Waals surface area contributed by atoms with Crippen molar-refractivity contribution in [1.29, 1.82) is 0 Å². The molecule has 0 radical (unpaired) electrons. The van der Waals surface area contributed by atoms with Crippen LogP contribution in [-0.4, -0.2) is 37.6 Å². The molecule has 2 rings (SSSR count). The van der Waals surface area contributed by atoms with Gasteiger partial charge in [-0.25, -0.2) is 0 Å². The molecule has 2 aliphatic rings. The second-order valence-corrected chi connectivity index (χ2v) is 5.12. The first-order valence-electron chi connectivity index (χ1n) is 6.26. The predicted octanol–water partition coefficient (Wildman–Crippen LogP) is 1.86. The highest BCUT2D eigenvalue weighted by molar-refractivity contribution is 4.77. The van der Waals surface area contributed by atoms with Crippen LogP contribution in [0.3, 0.4) is 0 Å². The van der Waals surface area contributed by atoms with Crippen molar-refractivity contribution in [1.82, 2.24) is 10.2 Å². The Morgan fingerprint density at radius 2 is 1.86 bits per heavy atom. The Kier molecular flexibility index (Phi) is 3.82. The van der Waals surface area contributed by atoms with Crippen molar-refractivity contribution in [2.24, 2.45) is 5.92 Å². The van der Waals surface area contributed by atoms with Gasteiger partial charge in [0.15, 0.2) is 0 Å². The molecule has 1 aliphatic heterocycles. The molecule has 82 valence electrons. The van der Waals surface area contributed by atoms with Crippen LogP contribution in [0.5, 0.6) is 0 Å². The Bertz CT molecular complexity index is 158. The Labute approximate surface area is 88.1 Å². The molecule has 1 saturated carbocycles. The van der Waals surface area contributed by atoms with Gasteiger partial charge in [-0.2, -0.15) is 0 Å². The zero-order valence-corrected chi connectivity index (χ0v) is 9.47. The molecule has 1 saturated heterocycles. The fraction of sp³-hybridized carbons (Fsp3) is 1.00. The second-order valence-electron chi connectivity index (χ2n) is 5.12. The molecular formula is C12H24N2. The number of piperidine rings is 1. The van der Waals surface area contributed by atoms with Gasteiger partial charge in [0.1, 0.15) is 0 Å². The maximum atomic E-state index is 3.70. The van der Waals surface area contributed by atoms with Gasteiger partial charge in [-0.1, -0.05) is 12.8 Å². The average molecular weight is 196 g/mol. The van der Waals surface area contributed by atoms with E-state index in [4.69, 9.17) is 0 Å². The van der Waals surface area contributed by atoms with Gasteiger partial charge in [0.05, 0.1) is 0 Å². The minimum Gasteiger partial charge on any atom is -0.314 e. The molecule has 0 aromatic carbocycles. The zero-order chi connectivity index (χ0) is 9.80. The molecule has 0 bridgehead atoms. The number of nitrogens with one attached hydrogen (secondary N) is 1. The normalized spacial score (nSPS) is 25.5. The van der Waals surface area contributed by atoms with Gasteiger partial charge in [-0.15, -0.1) is 0 Å². The van der Waals surface area contributed by atoms with E-state index in [0.29, 0.717) is 0 Å². The molecule has 0 aromatic heterocycles. The summed E-state index contributed by atoms with van der Waals surface area (Å²) in [6.45, 7) is 3.81. The summed E-state index contributed by atoms with van der Waals surface area (Å²) in [6.07, 6.45) is 8.58. The lowest BCUT2D eigenvalue weighted by Gasteiger charge is -2.29. The van der Waals surface area contributed by atoms with Gasteiger partial charge in [-0.3, -0.25) is 0 Å². The lowest BCUT2D eigenvalue weighted by Crippen LogP contribution is -2.41. The molecule has 0 spiro atoms. The van der Waals surface area contributed by atoms with Crippen LogP contribution in [0.1, 0.15) is 38.5 Å². The highest BCUT2D eigenvalue weighted by atomic mass is 15.1. The first kappa shape index (κ1) is 10.4. The number of nitrogens with zero attached hydrogens (tertiary/aromatic N) is 1. The van der Waals surface area contributed by atoms with E-state index in [1.165, 1.54) is 58.2 Å². The van der Waals surface area contributed by atoms with Crippen LogP contribution >= 0.6 is 0 Å². The number of likely N-dealkylation sites (tertiary alicyclic amines) is 1. The Morgan fingerprint density at radius 3 is 2.50 bits per heavy atom. The molecule has 2 nitrogen and oxygen atoms in total. The monoisotopic (exact) mass is 196 g/mol. The molecular weight excluding hydrogens is 172 g/mol. The van der Waals surface area contributed by atoms with E-state index in [2.05, 4.69) is 17.3 Å². The van der Waals surface area contributed by atoms with Gasteiger partial charge < -0.3 is 10.2 Å². The van der Waals surface area contributed by atoms with E-state index in [9.17, 15) is 0 Å². The summed E-state index contributed by atoms with van der Waals surface area (Å²) >= 11 is 0. The lowest BCUT2D eigenvalue weighted by molar-refractivity contribution is 0.234. The minimum absolute atomic E-state index is 0.811. The summed E-state index contributed by atoms with van der Waals surface area (Å²) in [5.74, 6) is 1.11. The maximum absolute atomic E-state index is 3.70. The third-order valence-corrected chi connectivity index (χ3v) is 3.64. The molecule has 0 aromatic rings. The van der Waals surface area contributed by atoms with E-state index in [0.717, 1.165) is 12.0 Å². The van der Waals surface area contributed by atoms with Gasteiger partial charge in [0.2, 0.25) is 0 Å². The Morgan fingerprint density at radius 1 is 1.14 bits per heavy atom. The molecule has 2 fully saturated rings. The van der Waals surface area contributed by atoms with Crippen molar-refractivity contribution < 1.29 is 0 Å². The molecule has 14 heavy (non-hydrogen) atoms. The fourth-order valence-electron chi connectivity index (χ4n) is 2.32. The summed E-state index contributed by atoms with van der Waals surface area (Å²) in [7, 11) is 2.23. The number of hydrogen-bond acceptors (Lipinski definition) is 2. The highest BCUT2D eigenvalue weighted by Crippen LogP contribution is 2.33. The molecule has 1 N–H and O–H groups in total. The quantitative estimate of drug-likeness (QED) is 0.675. The van der Waals surface area contributed by atoms with Crippen molar-refractivity contribution in [3.63, 3.8) is 0 Å². The third-order valence-electron chi connectivity index (χ3n) is 3.64. The first-order chi connectivity index (χ1) is 6.84. The Hall–Kier alpha value is -0.0800. The fourth-order valence-corrected chi connectivity index (χ4v) is 2.32. The summed E-state index contributed by atoms with van der Waals surface area (Å²) in [4.78, 5) is 2.43. The smallest absolute Gasteiger partial charge is 0.00914 e. The predicted molar refractivity (Wildman–Crippen MR) is 60.5 cm³/mol. The highest BCUT2D eigenvalue weighted by Gasteiger charge is 2.20. The summed E-state index contributed by atoms with van der Waals surface area (Å²) < 4.78 is 0. The van der Waals surface area contributed by atoms with Crippen molar-refractivity contribution in [3.8, 4) is 0 Å². The van der Waals surface area contributed by atoms with Crippen LogP contribution in [0.15, 0.2) is 0 Å². The van der Waals surface area contributed by atoms with E-state index < -0.39 is 0 Å². The van der Waals surface area contributed by atoms with E-state index in [-0.39, 0.29) is 0 Å². The second kappa shape index (κ2) is 5.13. The molecule has 0 atom stereocenters. The van der Waals surface area contributed by atoms with Crippen LogP contribution in [0.25, 0.3) is 0 Å². The third kappa shape index (κ3) is 3.58. The summed E-state index contributed by atoms with van der Waals surface area (Å²) in [5.41, 5.74) is 0. The summed E-state index contributed by atoms with van der Waals surface area (Å²) in [5, 5.41) is 3.70. The SMILES string of the molecule is CN1CCC(NCCCC2CC2)CC1. The lowest BCUT2D eigenvalue weighted by atomic mass is 10.1. The van der Waals surface area contributed by atoms with E-state index in [1.807, 2.05) is 0 Å². The van der Waals surface area contributed by atoms with E-state index in [1.54, 1.807) is 0 Å². The van der Waals surface area contributed by atoms with Crippen LogP contribution in [0, 0.1) is 5.92 Å². The van der Waals surface area contributed by atoms with Crippen LogP contribution in [-0.2, 0) is 0 Å². The molecule has 1 heterocycles. The largest absolute Gasteiger partial charge is 0.314 e. The van der Waals surface area contributed by atoms with Gasteiger partial charge in [0.25, 0.3) is 0 Å². The standard InChI is InChI=1S/C12H24N2/c1-14-9-6-12(7-10-14)13-8-2-3-11-4-5-11/h11-13H,2-10H2,1H3. The van der Waals surface area contributed by atoms with Crippen molar-refractivity contribution >= 4 is 0 Å². The molecule has 2 heteroatoms. The minimum atomic E-state index is 0.811. The van der Waals surface area contributed by atoms with Crippen LogP contribution < -0.4 is 5.32 Å². The van der Waals surface area contributed by atoms with Crippen molar-refractivity contribution in [2.75, 3.05) is 26.7 Å². The average Bonchev–Trinajstić information content (AvgIpc) is 2.99. The van der Waals surface area contributed by atoms with Gasteiger partial charge in [-0.05, 0) is 58.3 Å². The van der Waals surface area contributed by atoms with E-state index >= 15 is 0 Å². The Balaban J connectivity index is 1.47. The van der Waals surface area contributed by atoms with Crippen LogP contribution in [0.2, 0.25) is 0 Å². The number of rotatable bonds is 5. The van der Waals surface area contributed by atoms with Gasteiger partial charge >= 0.3 is 0 Å².